The third-order valence-corrected chi connectivity index (χ3v) is 3.70. The molecule has 3 aromatic heterocycles. The number of carbonyl (C=O) groups is 1. The van der Waals surface area contributed by atoms with Crippen LogP contribution in [0.4, 0.5) is 0 Å². The predicted octanol–water partition coefficient (Wildman–Crippen LogP) is 2.66. The van der Waals surface area contributed by atoms with Gasteiger partial charge in [0.05, 0.1) is 36.9 Å². The number of aromatic nitrogens is 2. The second kappa shape index (κ2) is 6.32. The molecule has 0 spiro atoms. The minimum atomic E-state index is -0.0304. The van der Waals surface area contributed by atoms with Gasteiger partial charge in [-0.1, -0.05) is 0 Å². The van der Waals surface area contributed by atoms with Crippen molar-refractivity contribution < 1.29 is 9.21 Å². The summed E-state index contributed by atoms with van der Waals surface area (Å²) in [5.41, 5.74) is 3.32. The monoisotopic (exact) mass is 299 g/mol. The van der Waals surface area contributed by atoms with E-state index in [0.29, 0.717) is 13.0 Å². The van der Waals surface area contributed by atoms with Gasteiger partial charge in [-0.3, -0.25) is 14.8 Å². The summed E-state index contributed by atoms with van der Waals surface area (Å²) in [7, 11) is 0. The van der Waals surface area contributed by atoms with Gasteiger partial charge in [0.15, 0.2) is 0 Å². The molecule has 0 unspecified atom stereocenters. The Kier molecular flexibility index (Phi) is 4.07. The van der Waals surface area contributed by atoms with Crippen molar-refractivity contribution in [3.63, 3.8) is 0 Å². The lowest BCUT2D eigenvalue weighted by Gasteiger charge is -2.07. The largest absolute Gasteiger partial charge is 0.472 e. The molecule has 0 radical (unpaired) electrons. The van der Waals surface area contributed by atoms with Crippen LogP contribution in [0.3, 0.4) is 0 Å². The highest BCUT2D eigenvalue weighted by Gasteiger charge is 2.10. The van der Waals surface area contributed by atoms with Gasteiger partial charge in [0.25, 0.3) is 0 Å². The molecule has 0 atom stereocenters. The molecular weight excluding hydrogens is 286 g/mol. The number of amides is 1. The second-order valence-corrected chi connectivity index (χ2v) is 5.23. The van der Waals surface area contributed by atoms with Gasteiger partial charge in [0.2, 0.25) is 5.91 Å². The summed E-state index contributed by atoms with van der Waals surface area (Å²) in [6.07, 6.45) is 6.82. The number of furan rings is 1. The Hall–Kier alpha value is -2.47. The van der Waals surface area contributed by atoms with Crippen LogP contribution in [0.5, 0.6) is 0 Å². The van der Waals surface area contributed by atoms with Crippen molar-refractivity contribution in [3.8, 4) is 11.3 Å². The summed E-state index contributed by atoms with van der Waals surface area (Å²) in [6.45, 7) is 0.345. The van der Waals surface area contributed by atoms with E-state index in [2.05, 4.69) is 15.3 Å². The Balaban J connectivity index is 1.67. The zero-order chi connectivity index (χ0) is 14.5. The lowest BCUT2D eigenvalue weighted by Crippen LogP contribution is -2.25. The third-order valence-electron chi connectivity index (χ3n) is 2.97. The highest BCUT2D eigenvalue weighted by molar-refractivity contribution is 7.07. The molecule has 1 N–H and O–H groups in total. The lowest BCUT2D eigenvalue weighted by atomic mass is 10.2. The van der Waals surface area contributed by atoms with Crippen LogP contribution in [0.15, 0.2) is 52.2 Å². The maximum atomic E-state index is 11.9. The molecule has 0 saturated heterocycles. The maximum absolute atomic E-state index is 11.9. The minimum absolute atomic E-state index is 0.0304. The SMILES string of the molecule is O=C(Cc1ccsc1)NCc1nccnc1-c1ccoc1. The van der Waals surface area contributed by atoms with Crippen molar-refractivity contribution in [2.75, 3.05) is 0 Å². The first-order valence-corrected chi connectivity index (χ1v) is 7.37. The summed E-state index contributed by atoms with van der Waals surface area (Å²) >= 11 is 1.58. The quantitative estimate of drug-likeness (QED) is 0.786. The van der Waals surface area contributed by atoms with E-state index in [1.165, 1.54) is 0 Å². The fourth-order valence-electron chi connectivity index (χ4n) is 1.96. The van der Waals surface area contributed by atoms with E-state index >= 15 is 0 Å². The number of hydrogen-bond donors (Lipinski definition) is 1. The molecule has 3 heterocycles. The zero-order valence-electron chi connectivity index (χ0n) is 11.2. The lowest BCUT2D eigenvalue weighted by molar-refractivity contribution is -0.120. The number of nitrogens with one attached hydrogen (secondary N) is 1. The molecule has 0 aliphatic heterocycles. The highest BCUT2D eigenvalue weighted by Crippen LogP contribution is 2.19. The van der Waals surface area contributed by atoms with Crippen molar-refractivity contribution in [2.45, 2.75) is 13.0 Å². The fraction of sp³-hybridized carbons (Fsp3) is 0.133. The van der Waals surface area contributed by atoms with Gasteiger partial charge in [-0.2, -0.15) is 11.3 Å². The summed E-state index contributed by atoms with van der Waals surface area (Å²) in [4.78, 5) is 20.5. The summed E-state index contributed by atoms with van der Waals surface area (Å²) in [5, 5.41) is 6.80. The van der Waals surface area contributed by atoms with E-state index in [1.807, 2.05) is 22.9 Å². The van der Waals surface area contributed by atoms with Gasteiger partial charge in [0.1, 0.15) is 0 Å². The van der Waals surface area contributed by atoms with Gasteiger partial charge in [0, 0.05) is 18.0 Å². The first kappa shape index (κ1) is 13.5. The Labute approximate surface area is 125 Å². The Morgan fingerprint density at radius 3 is 2.95 bits per heavy atom. The molecule has 5 nitrogen and oxygen atoms in total. The van der Waals surface area contributed by atoms with Crippen LogP contribution < -0.4 is 5.32 Å². The molecule has 3 rings (SSSR count). The van der Waals surface area contributed by atoms with Crippen LogP contribution in [0.1, 0.15) is 11.3 Å². The van der Waals surface area contributed by atoms with Gasteiger partial charge in [-0.25, -0.2) is 0 Å². The van der Waals surface area contributed by atoms with Gasteiger partial charge in [-0.15, -0.1) is 0 Å². The molecule has 0 aliphatic rings. The number of rotatable bonds is 5. The van der Waals surface area contributed by atoms with Crippen LogP contribution in [0, 0.1) is 0 Å². The normalized spacial score (nSPS) is 10.5. The Morgan fingerprint density at radius 2 is 2.19 bits per heavy atom. The first-order chi connectivity index (χ1) is 10.3. The smallest absolute Gasteiger partial charge is 0.224 e. The highest BCUT2D eigenvalue weighted by atomic mass is 32.1. The van der Waals surface area contributed by atoms with E-state index in [4.69, 9.17) is 4.42 Å². The van der Waals surface area contributed by atoms with Crippen LogP contribution in [-0.2, 0) is 17.8 Å². The Bertz CT molecular complexity index is 708. The molecule has 106 valence electrons. The topological polar surface area (TPSA) is 68.0 Å². The van der Waals surface area contributed by atoms with Crippen molar-refractivity contribution in [1.29, 1.82) is 0 Å². The maximum Gasteiger partial charge on any atom is 0.224 e. The number of nitrogens with zero attached hydrogens (tertiary/aromatic N) is 2. The van der Waals surface area contributed by atoms with Gasteiger partial charge < -0.3 is 9.73 Å². The average Bonchev–Trinajstić information content (AvgIpc) is 3.18. The molecule has 0 aliphatic carbocycles. The number of hydrogen-bond acceptors (Lipinski definition) is 5. The van der Waals surface area contributed by atoms with E-state index in [1.54, 1.807) is 36.3 Å². The van der Waals surface area contributed by atoms with Gasteiger partial charge in [-0.05, 0) is 28.5 Å². The molecule has 1 amide bonds. The zero-order valence-corrected chi connectivity index (χ0v) is 12.0. The molecule has 0 saturated carbocycles. The number of thiophene rings is 1. The van der Waals surface area contributed by atoms with Crippen molar-refractivity contribution in [3.05, 3.63) is 59.1 Å². The van der Waals surface area contributed by atoms with Crippen molar-refractivity contribution >= 4 is 17.2 Å². The van der Waals surface area contributed by atoms with Crippen LogP contribution in [0.25, 0.3) is 11.3 Å². The molecule has 0 bridgehead atoms. The summed E-state index contributed by atoms with van der Waals surface area (Å²) < 4.78 is 5.07. The molecule has 6 heteroatoms. The van der Waals surface area contributed by atoms with E-state index in [9.17, 15) is 4.79 Å². The van der Waals surface area contributed by atoms with E-state index in [-0.39, 0.29) is 5.91 Å². The average molecular weight is 299 g/mol. The van der Waals surface area contributed by atoms with Gasteiger partial charge >= 0.3 is 0 Å². The van der Waals surface area contributed by atoms with Crippen LogP contribution in [0.2, 0.25) is 0 Å². The molecule has 0 aromatic carbocycles. The van der Waals surface area contributed by atoms with Crippen molar-refractivity contribution in [2.24, 2.45) is 0 Å². The summed E-state index contributed by atoms with van der Waals surface area (Å²) in [5.74, 6) is -0.0304. The van der Waals surface area contributed by atoms with Crippen LogP contribution >= 0.6 is 11.3 Å². The Morgan fingerprint density at radius 1 is 1.29 bits per heavy atom. The fourth-order valence-corrected chi connectivity index (χ4v) is 2.63. The predicted molar refractivity (Wildman–Crippen MR) is 79.6 cm³/mol. The van der Waals surface area contributed by atoms with E-state index < -0.39 is 0 Å². The standard InChI is InChI=1S/C15H13N3O2S/c19-14(7-11-2-6-21-10-11)18-8-13-15(17-4-3-16-13)12-1-5-20-9-12/h1-6,9-10H,7-8H2,(H,18,19). The minimum Gasteiger partial charge on any atom is -0.472 e. The molecule has 21 heavy (non-hydrogen) atoms. The molecule has 0 fully saturated rings. The molecule has 3 aromatic rings. The van der Waals surface area contributed by atoms with Crippen molar-refractivity contribution in [1.82, 2.24) is 15.3 Å². The second-order valence-electron chi connectivity index (χ2n) is 4.45. The van der Waals surface area contributed by atoms with E-state index in [0.717, 1.165) is 22.5 Å². The molecular formula is C15H13N3O2S. The summed E-state index contributed by atoms with van der Waals surface area (Å²) in [6, 6.07) is 3.77. The van der Waals surface area contributed by atoms with Crippen LogP contribution in [-0.4, -0.2) is 15.9 Å². The first-order valence-electron chi connectivity index (χ1n) is 6.43. The third kappa shape index (κ3) is 3.35. The number of carbonyl (C=O) groups excluding carboxylic acids is 1.